The Morgan fingerprint density at radius 1 is 0.800 bits per heavy atom. The smallest absolute Gasteiger partial charge is 0.134 e. The third-order valence-electron chi connectivity index (χ3n) is 2.72. The molecule has 0 fully saturated rings. The minimum atomic E-state index is 0. The largest absolute Gasteiger partial charge is 0.496 e. The van der Waals surface area contributed by atoms with Crippen molar-refractivity contribution < 1.29 is 14.2 Å². The Bertz CT molecular complexity index is 521. The number of hydrogen-bond acceptors (Lipinski definition) is 4. The van der Waals surface area contributed by atoms with Crippen LogP contribution >= 0.6 is 12.4 Å². The molecule has 108 valence electrons. The Morgan fingerprint density at radius 3 is 1.75 bits per heavy atom. The van der Waals surface area contributed by atoms with Gasteiger partial charge in [0.25, 0.3) is 0 Å². The van der Waals surface area contributed by atoms with E-state index in [0.29, 0.717) is 23.8 Å². The molecule has 5 heteroatoms. The fraction of sp³-hybridized carbons (Fsp3) is 0.200. The van der Waals surface area contributed by atoms with Gasteiger partial charge in [-0.15, -0.1) is 12.4 Å². The van der Waals surface area contributed by atoms with Gasteiger partial charge in [-0.3, -0.25) is 0 Å². The summed E-state index contributed by atoms with van der Waals surface area (Å²) in [4.78, 5) is 0. The number of hydrogen-bond donors (Lipinski definition) is 1. The molecule has 0 aliphatic heterocycles. The summed E-state index contributed by atoms with van der Waals surface area (Å²) < 4.78 is 16.2. The lowest BCUT2D eigenvalue weighted by atomic mass is 10.2. The van der Waals surface area contributed by atoms with Gasteiger partial charge in [0.2, 0.25) is 0 Å². The molecule has 2 N–H and O–H groups in total. The van der Waals surface area contributed by atoms with Crippen molar-refractivity contribution in [1.82, 2.24) is 0 Å². The molecule has 0 unspecified atom stereocenters. The molecule has 0 heterocycles. The van der Waals surface area contributed by atoms with E-state index in [9.17, 15) is 0 Å². The van der Waals surface area contributed by atoms with Gasteiger partial charge in [0, 0.05) is 24.7 Å². The summed E-state index contributed by atoms with van der Waals surface area (Å²) in [5.74, 6) is 2.78. The van der Waals surface area contributed by atoms with E-state index in [-0.39, 0.29) is 12.4 Å². The average molecular weight is 296 g/mol. The van der Waals surface area contributed by atoms with E-state index in [1.54, 1.807) is 32.4 Å². The Kier molecular flexibility index (Phi) is 6.15. The number of nitrogens with two attached hydrogens (primary N) is 1. The number of rotatable bonds is 5. The van der Waals surface area contributed by atoms with Crippen molar-refractivity contribution in [2.75, 3.05) is 14.2 Å². The van der Waals surface area contributed by atoms with Gasteiger partial charge in [-0.05, 0) is 17.7 Å². The summed E-state index contributed by atoms with van der Waals surface area (Å²) >= 11 is 0. The van der Waals surface area contributed by atoms with Gasteiger partial charge >= 0.3 is 0 Å². The van der Waals surface area contributed by atoms with Crippen molar-refractivity contribution >= 4 is 12.4 Å². The van der Waals surface area contributed by atoms with Crippen molar-refractivity contribution in [3.8, 4) is 23.0 Å². The summed E-state index contributed by atoms with van der Waals surface area (Å²) in [5.41, 5.74) is 6.62. The summed E-state index contributed by atoms with van der Waals surface area (Å²) in [5, 5.41) is 0. The zero-order chi connectivity index (χ0) is 13.7. The molecule has 0 radical (unpaired) electrons. The van der Waals surface area contributed by atoms with E-state index >= 15 is 0 Å². The minimum absolute atomic E-state index is 0. The van der Waals surface area contributed by atoms with Crippen molar-refractivity contribution in [3.63, 3.8) is 0 Å². The lowest BCUT2D eigenvalue weighted by Crippen LogP contribution is -1.95. The van der Waals surface area contributed by atoms with E-state index in [1.165, 1.54) is 0 Å². The van der Waals surface area contributed by atoms with Crippen LogP contribution in [0.5, 0.6) is 23.0 Å². The molecule has 4 nitrogen and oxygen atoms in total. The van der Waals surface area contributed by atoms with Gasteiger partial charge in [-0.1, -0.05) is 12.1 Å². The van der Waals surface area contributed by atoms with E-state index in [2.05, 4.69) is 0 Å². The number of ether oxygens (including phenoxy) is 3. The van der Waals surface area contributed by atoms with Crippen molar-refractivity contribution in [2.45, 2.75) is 6.54 Å². The van der Waals surface area contributed by atoms with E-state index < -0.39 is 0 Å². The number of methoxy groups -OCH3 is 2. The highest BCUT2D eigenvalue weighted by Gasteiger charge is 2.04. The fourth-order valence-corrected chi connectivity index (χ4v) is 1.67. The second kappa shape index (κ2) is 7.62. The standard InChI is InChI=1S/C15H17NO3.ClH/c1-17-13-7-14(18-2)9-15(8-13)19-12-5-3-11(10-16)4-6-12;/h3-9H,10,16H2,1-2H3;1H. The number of benzene rings is 2. The second-order valence-electron chi connectivity index (χ2n) is 4.00. The second-order valence-corrected chi connectivity index (χ2v) is 4.00. The zero-order valence-corrected chi connectivity index (χ0v) is 12.3. The Balaban J connectivity index is 0.00000200. The van der Waals surface area contributed by atoms with Crippen molar-refractivity contribution in [3.05, 3.63) is 48.0 Å². The lowest BCUT2D eigenvalue weighted by Gasteiger charge is -2.10. The monoisotopic (exact) mass is 295 g/mol. The molecular weight excluding hydrogens is 278 g/mol. The molecule has 2 rings (SSSR count). The molecule has 0 saturated heterocycles. The first-order chi connectivity index (χ1) is 9.25. The maximum absolute atomic E-state index is 5.76. The van der Waals surface area contributed by atoms with Gasteiger partial charge in [0.05, 0.1) is 14.2 Å². The van der Waals surface area contributed by atoms with E-state index in [4.69, 9.17) is 19.9 Å². The molecule has 20 heavy (non-hydrogen) atoms. The first-order valence-corrected chi connectivity index (χ1v) is 5.95. The van der Waals surface area contributed by atoms with Gasteiger partial charge in [-0.25, -0.2) is 0 Å². The van der Waals surface area contributed by atoms with Crippen LogP contribution in [0, 0.1) is 0 Å². The molecule has 0 saturated carbocycles. The van der Waals surface area contributed by atoms with Crippen LogP contribution in [0.2, 0.25) is 0 Å². The van der Waals surface area contributed by atoms with Crippen LogP contribution in [-0.4, -0.2) is 14.2 Å². The van der Waals surface area contributed by atoms with Gasteiger partial charge in [0.15, 0.2) is 0 Å². The van der Waals surface area contributed by atoms with Crippen molar-refractivity contribution in [1.29, 1.82) is 0 Å². The summed E-state index contributed by atoms with van der Waals surface area (Å²) in [6.07, 6.45) is 0. The molecule has 0 amide bonds. The third-order valence-corrected chi connectivity index (χ3v) is 2.72. The van der Waals surface area contributed by atoms with Crippen LogP contribution in [0.15, 0.2) is 42.5 Å². The normalized spacial score (nSPS) is 9.55. The Labute approximate surface area is 124 Å². The minimum Gasteiger partial charge on any atom is -0.496 e. The Hall–Kier alpha value is -1.91. The molecule has 0 aliphatic rings. The van der Waals surface area contributed by atoms with Crippen LogP contribution in [0.3, 0.4) is 0 Å². The van der Waals surface area contributed by atoms with Gasteiger partial charge < -0.3 is 19.9 Å². The van der Waals surface area contributed by atoms with Crippen LogP contribution in [0.1, 0.15) is 5.56 Å². The summed E-state index contributed by atoms with van der Waals surface area (Å²) in [6.45, 7) is 0.521. The topological polar surface area (TPSA) is 53.7 Å². The molecule has 0 spiro atoms. The van der Waals surface area contributed by atoms with Crippen molar-refractivity contribution in [2.24, 2.45) is 5.73 Å². The van der Waals surface area contributed by atoms with Gasteiger partial charge in [-0.2, -0.15) is 0 Å². The predicted octanol–water partition coefficient (Wildman–Crippen LogP) is 3.38. The highest BCUT2D eigenvalue weighted by Crippen LogP contribution is 2.30. The SMILES string of the molecule is COc1cc(OC)cc(Oc2ccc(CN)cc2)c1.Cl. The average Bonchev–Trinajstić information content (AvgIpc) is 2.47. The van der Waals surface area contributed by atoms with Crippen LogP contribution in [0.25, 0.3) is 0 Å². The summed E-state index contributed by atoms with van der Waals surface area (Å²) in [7, 11) is 3.21. The lowest BCUT2D eigenvalue weighted by molar-refractivity contribution is 0.386. The first kappa shape index (κ1) is 16.1. The van der Waals surface area contributed by atoms with Crippen LogP contribution in [-0.2, 0) is 6.54 Å². The van der Waals surface area contributed by atoms with E-state index in [1.807, 2.05) is 24.3 Å². The highest BCUT2D eigenvalue weighted by atomic mass is 35.5. The maximum Gasteiger partial charge on any atom is 0.134 e. The van der Waals surface area contributed by atoms with Gasteiger partial charge in [0.1, 0.15) is 23.0 Å². The van der Waals surface area contributed by atoms with E-state index in [0.717, 1.165) is 11.3 Å². The van der Waals surface area contributed by atoms with Crippen LogP contribution in [0.4, 0.5) is 0 Å². The molecule has 0 bridgehead atoms. The molecule has 2 aromatic carbocycles. The number of halogens is 1. The maximum atomic E-state index is 5.76. The zero-order valence-electron chi connectivity index (χ0n) is 11.5. The predicted molar refractivity (Wildman–Crippen MR) is 81.2 cm³/mol. The Morgan fingerprint density at radius 2 is 1.30 bits per heavy atom. The first-order valence-electron chi connectivity index (χ1n) is 5.95. The highest BCUT2D eigenvalue weighted by molar-refractivity contribution is 5.85. The fourth-order valence-electron chi connectivity index (χ4n) is 1.67. The molecular formula is C15H18ClNO3. The third kappa shape index (κ3) is 4.05. The quantitative estimate of drug-likeness (QED) is 0.919. The molecule has 0 aromatic heterocycles. The molecule has 0 aliphatic carbocycles. The summed E-state index contributed by atoms with van der Waals surface area (Å²) in [6, 6.07) is 13.0. The molecule has 0 atom stereocenters. The van der Waals surface area contributed by atoms with Crippen LogP contribution < -0.4 is 19.9 Å². The molecule has 2 aromatic rings.